The first-order valence-electron chi connectivity index (χ1n) is 15.0. The third kappa shape index (κ3) is 7.04. The summed E-state index contributed by atoms with van der Waals surface area (Å²) in [5, 5.41) is 4.13. The minimum atomic E-state index is -0.249. The standard InChI is InChI=1S/C38H36N2O5/c1-42-30-17-14-27(15-18-30)24-40-25-34(32-12-6-7-13-35(32)40)33(22-38(41)39-23-31-11-8-20-44-31)29-16-19-36(37(21-29)43-2)45-26-28-9-4-3-5-10-28/h3-21,25,33H,22-24,26H2,1-2H3,(H,39,41). The van der Waals surface area contributed by atoms with Crippen molar-refractivity contribution in [2.75, 3.05) is 14.2 Å². The Kier molecular flexibility index (Phi) is 9.16. The number of hydrogen-bond acceptors (Lipinski definition) is 5. The van der Waals surface area contributed by atoms with E-state index < -0.39 is 0 Å². The van der Waals surface area contributed by atoms with Gasteiger partial charge in [-0.1, -0.05) is 66.7 Å². The number of furan rings is 1. The number of nitrogens with zero attached hydrogens (tertiary/aromatic N) is 1. The molecule has 2 aromatic heterocycles. The highest BCUT2D eigenvalue weighted by Crippen LogP contribution is 2.39. The average molecular weight is 601 g/mol. The molecule has 0 aliphatic carbocycles. The van der Waals surface area contributed by atoms with E-state index in [4.69, 9.17) is 18.6 Å². The third-order valence-corrected chi connectivity index (χ3v) is 7.96. The molecular weight excluding hydrogens is 564 g/mol. The molecule has 0 saturated carbocycles. The van der Waals surface area contributed by atoms with Crippen LogP contribution < -0.4 is 19.5 Å². The molecule has 0 aliphatic rings. The number of nitrogens with one attached hydrogen (secondary N) is 1. The van der Waals surface area contributed by atoms with Crippen LogP contribution in [0.2, 0.25) is 0 Å². The van der Waals surface area contributed by atoms with E-state index in [9.17, 15) is 4.79 Å². The summed E-state index contributed by atoms with van der Waals surface area (Å²) in [4.78, 5) is 13.4. The highest BCUT2D eigenvalue weighted by Gasteiger charge is 2.24. The summed E-state index contributed by atoms with van der Waals surface area (Å²) >= 11 is 0. The van der Waals surface area contributed by atoms with E-state index in [1.54, 1.807) is 20.5 Å². The molecule has 0 fully saturated rings. The molecule has 2 heterocycles. The molecule has 1 N–H and O–H groups in total. The lowest BCUT2D eigenvalue weighted by Gasteiger charge is -2.19. The van der Waals surface area contributed by atoms with Gasteiger partial charge in [0.25, 0.3) is 0 Å². The molecule has 1 atom stereocenters. The molecule has 4 aromatic carbocycles. The van der Waals surface area contributed by atoms with Crippen molar-refractivity contribution in [3.63, 3.8) is 0 Å². The maximum absolute atomic E-state index is 13.4. The van der Waals surface area contributed by atoms with Crippen LogP contribution in [0.3, 0.4) is 0 Å². The second-order valence-corrected chi connectivity index (χ2v) is 10.9. The molecule has 228 valence electrons. The first-order valence-corrected chi connectivity index (χ1v) is 15.0. The second kappa shape index (κ2) is 13.9. The Morgan fingerprint density at radius 2 is 1.62 bits per heavy atom. The molecule has 45 heavy (non-hydrogen) atoms. The zero-order chi connectivity index (χ0) is 31.0. The quantitative estimate of drug-likeness (QED) is 0.147. The van der Waals surface area contributed by atoms with Crippen molar-refractivity contribution in [1.29, 1.82) is 0 Å². The van der Waals surface area contributed by atoms with Gasteiger partial charge >= 0.3 is 0 Å². The molecule has 0 aliphatic heterocycles. The lowest BCUT2D eigenvalue weighted by Crippen LogP contribution is -2.24. The van der Waals surface area contributed by atoms with Gasteiger partial charge in [-0.05, 0) is 64.7 Å². The highest BCUT2D eigenvalue weighted by atomic mass is 16.5. The minimum Gasteiger partial charge on any atom is -0.497 e. The van der Waals surface area contributed by atoms with E-state index in [0.29, 0.717) is 37.0 Å². The number of fused-ring (bicyclic) bond motifs is 1. The number of methoxy groups -OCH3 is 2. The fraction of sp³-hybridized carbons (Fsp3) is 0.184. The molecule has 6 rings (SSSR count). The number of para-hydroxylation sites is 1. The van der Waals surface area contributed by atoms with Gasteiger partial charge in [-0.2, -0.15) is 0 Å². The number of rotatable bonds is 13. The van der Waals surface area contributed by atoms with Crippen LogP contribution in [0.15, 0.2) is 126 Å². The summed E-state index contributed by atoms with van der Waals surface area (Å²) in [7, 11) is 3.31. The van der Waals surface area contributed by atoms with E-state index in [1.165, 1.54) is 0 Å². The van der Waals surface area contributed by atoms with Gasteiger partial charge in [-0.3, -0.25) is 4.79 Å². The molecule has 6 aromatic rings. The van der Waals surface area contributed by atoms with Crippen molar-refractivity contribution in [3.8, 4) is 17.2 Å². The minimum absolute atomic E-state index is 0.0771. The second-order valence-electron chi connectivity index (χ2n) is 10.9. The zero-order valence-electron chi connectivity index (χ0n) is 25.4. The van der Waals surface area contributed by atoms with E-state index in [1.807, 2.05) is 84.9 Å². The van der Waals surface area contributed by atoms with Gasteiger partial charge in [0.1, 0.15) is 18.1 Å². The largest absolute Gasteiger partial charge is 0.497 e. The first kappa shape index (κ1) is 29.6. The molecule has 0 bridgehead atoms. The van der Waals surface area contributed by atoms with Crippen molar-refractivity contribution in [2.24, 2.45) is 0 Å². The lowest BCUT2D eigenvalue weighted by molar-refractivity contribution is -0.121. The van der Waals surface area contributed by atoms with Gasteiger partial charge < -0.3 is 28.5 Å². The van der Waals surface area contributed by atoms with E-state index >= 15 is 0 Å². The van der Waals surface area contributed by atoms with Gasteiger partial charge in [0.2, 0.25) is 5.91 Å². The summed E-state index contributed by atoms with van der Waals surface area (Å²) < 4.78 is 25.0. The number of carbonyl (C=O) groups is 1. The first-order chi connectivity index (χ1) is 22.1. The van der Waals surface area contributed by atoms with Crippen LogP contribution >= 0.6 is 0 Å². The summed E-state index contributed by atoms with van der Waals surface area (Å²) in [5.41, 5.74) is 5.34. The van der Waals surface area contributed by atoms with Gasteiger partial charge in [-0.15, -0.1) is 0 Å². The Morgan fingerprint density at radius 3 is 2.38 bits per heavy atom. The molecule has 0 saturated heterocycles. The van der Waals surface area contributed by atoms with Crippen molar-refractivity contribution in [1.82, 2.24) is 9.88 Å². The van der Waals surface area contributed by atoms with Crippen LogP contribution in [0, 0.1) is 0 Å². The predicted molar refractivity (Wildman–Crippen MR) is 175 cm³/mol. The summed E-state index contributed by atoms with van der Waals surface area (Å²) in [6, 6.07) is 36.1. The van der Waals surface area contributed by atoms with Gasteiger partial charge in [-0.25, -0.2) is 0 Å². The molecule has 7 nitrogen and oxygen atoms in total. The zero-order valence-corrected chi connectivity index (χ0v) is 25.4. The normalized spacial score (nSPS) is 11.7. The number of hydrogen-bond donors (Lipinski definition) is 1. The fourth-order valence-corrected chi connectivity index (χ4v) is 5.63. The Bertz CT molecular complexity index is 1840. The van der Waals surface area contributed by atoms with Crippen molar-refractivity contribution < 1.29 is 23.4 Å². The average Bonchev–Trinajstić information content (AvgIpc) is 3.74. The SMILES string of the molecule is COc1ccc(Cn2cc(C(CC(=O)NCc3ccco3)c3ccc(OCc4ccccc4)c(OC)c3)c3ccccc32)cc1. The van der Waals surface area contributed by atoms with E-state index in [2.05, 4.69) is 40.3 Å². The van der Waals surface area contributed by atoms with Gasteiger partial charge in [0, 0.05) is 36.0 Å². The summed E-state index contributed by atoms with van der Waals surface area (Å²) in [6.45, 7) is 1.43. The maximum atomic E-state index is 13.4. The number of benzene rings is 4. The number of carbonyl (C=O) groups excluding carboxylic acids is 1. The van der Waals surface area contributed by atoms with Crippen LogP contribution in [0.5, 0.6) is 17.2 Å². The lowest BCUT2D eigenvalue weighted by atomic mass is 9.87. The van der Waals surface area contributed by atoms with Gasteiger partial charge in [0.05, 0.1) is 27.0 Å². The molecule has 7 heteroatoms. The highest BCUT2D eigenvalue weighted by molar-refractivity contribution is 5.87. The number of ether oxygens (including phenoxy) is 3. The summed E-state index contributed by atoms with van der Waals surface area (Å²) in [5.74, 6) is 2.46. The number of aromatic nitrogens is 1. The Morgan fingerprint density at radius 1 is 0.822 bits per heavy atom. The third-order valence-electron chi connectivity index (χ3n) is 7.96. The molecule has 1 unspecified atom stereocenters. The van der Waals surface area contributed by atoms with Crippen LogP contribution in [0.1, 0.15) is 40.4 Å². The van der Waals surface area contributed by atoms with Crippen LogP contribution in [0.4, 0.5) is 0 Å². The van der Waals surface area contributed by atoms with Crippen molar-refractivity contribution >= 4 is 16.8 Å². The Balaban J connectivity index is 1.34. The molecule has 0 radical (unpaired) electrons. The Labute approximate surface area is 263 Å². The Hall–Kier alpha value is -5.43. The van der Waals surface area contributed by atoms with Crippen LogP contribution in [-0.4, -0.2) is 24.7 Å². The van der Waals surface area contributed by atoms with Gasteiger partial charge in [0.15, 0.2) is 11.5 Å². The van der Waals surface area contributed by atoms with Crippen molar-refractivity contribution in [2.45, 2.75) is 32.0 Å². The molecular formula is C38H36N2O5. The predicted octanol–water partition coefficient (Wildman–Crippen LogP) is 7.72. The number of amides is 1. The van der Waals surface area contributed by atoms with Crippen LogP contribution in [0.25, 0.3) is 10.9 Å². The molecule has 0 spiro atoms. The van der Waals surface area contributed by atoms with Crippen LogP contribution in [-0.2, 0) is 24.5 Å². The van der Waals surface area contributed by atoms with E-state index in [0.717, 1.165) is 38.9 Å². The molecule has 1 amide bonds. The summed E-state index contributed by atoms with van der Waals surface area (Å²) in [6.07, 6.45) is 4.02. The smallest absolute Gasteiger partial charge is 0.221 e. The topological polar surface area (TPSA) is 74.9 Å². The monoisotopic (exact) mass is 600 g/mol. The van der Waals surface area contributed by atoms with E-state index in [-0.39, 0.29) is 18.2 Å². The fourth-order valence-electron chi connectivity index (χ4n) is 5.63. The maximum Gasteiger partial charge on any atom is 0.221 e. The van der Waals surface area contributed by atoms with Crippen molar-refractivity contribution in [3.05, 3.63) is 150 Å².